The lowest BCUT2D eigenvalue weighted by molar-refractivity contribution is -0.177. The molecule has 4 aliphatic carbocycles. The molecule has 0 amide bonds. The molecule has 4 rings (SSSR count). The van der Waals surface area contributed by atoms with Crippen molar-refractivity contribution < 1.29 is 23.9 Å². The van der Waals surface area contributed by atoms with Gasteiger partial charge in [0.2, 0.25) is 0 Å². The molecule has 35 heavy (non-hydrogen) atoms. The Bertz CT molecular complexity index is 822. The molecular weight excluding hydrogens is 440 g/mol. The number of rotatable bonds is 7. The average Bonchev–Trinajstić information content (AvgIpc) is 3.18. The van der Waals surface area contributed by atoms with Gasteiger partial charge in [-0.15, -0.1) is 0 Å². The third-order valence-corrected chi connectivity index (χ3v) is 11.3. The van der Waals surface area contributed by atoms with Gasteiger partial charge in [-0.3, -0.25) is 14.4 Å². The summed E-state index contributed by atoms with van der Waals surface area (Å²) in [6.45, 7) is 13.5. The number of hydrogen-bond acceptors (Lipinski definition) is 5. The molecule has 10 atom stereocenters. The summed E-state index contributed by atoms with van der Waals surface area (Å²) in [6, 6.07) is 0. The highest BCUT2D eigenvalue weighted by Gasteiger charge is 2.64. The summed E-state index contributed by atoms with van der Waals surface area (Å²) in [7, 11) is 0. The van der Waals surface area contributed by atoms with Crippen LogP contribution < -0.4 is 0 Å². The number of ether oxygens (including phenoxy) is 2. The summed E-state index contributed by atoms with van der Waals surface area (Å²) in [5.74, 6) is 2.74. The van der Waals surface area contributed by atoms with Crippen molar-refractivity contribution in [1.82, 2.24) is 0 Å². The summed E-state index contributed by atoms with van der Waals surface area (Å²) in [5.41, 5.74) is 0.337. The van der Waals surface area contributed by atoms with Gasteiger partial charge in [0, 0.05) is 24.7 Å². The van der Waals surface area contributed by atoms with Gasteiger partial charge in [0.05, 0.1) is 6.61 Å². The molecule has 0 spiro atoms. The molecular formula is C30H48O5. The second-order valence-electron chi connectivity index (χ2n) is 12.8. The predicted octanol–water partition coefficient (Wildman–Crippen LogP) is 6.37. The minimum absolute atomic E-state index is 0.0303. The average molecular weight is 489 g/mol. The third-order valence-electron chi connectivity index (χ3n) is 11.3. The highest BCUT2D eigenvalue weighted by Crippen LogP contribution is 2.68. The number of fused-ring (bicyclic) bond motifs is 5. The first-order valence-electron chi connectivity index (χ1n) is 14.5. The SMILES string of the molecule is CCOC(=O)CC[C@@H](C)C1CCC2C3C(=O)[C@H](C)C4C[C@H](OC(=O)CC)CC[C@]4(C)C3CC[C@@]21C. The number of Topliss-reactive ketones (excluding diaryl/α,β-unsaturated/α-hetero) is 1. The van der Waals surface area contributed by atoms with E-state index in [4.69, 9.17) is 9.47 Å². The summed E-state index contributed by atoms with van der Waals surface area (Å²) in [5, 5.41) is 0. The highest BCUT2D eigenvalue weighted by molar-refractivity contribution is 5.85. The Hall–Kier alpha value is -1.39. The topological polar surface area (TPSA) is 69.7 Å². The number of carbonyl (C=O) groups is 3. The van der Waals surface area contributed by atoms with Gasteiger partial charge < -0.3 is 9.47 Å². The van der Waals surface area contributed by atoms with Gasteiger partial charge in [0.25, 0.3) is 0 Å². The van der Waals surface area contributed by atoms with Gasteiger partial charge in [-0.25, -0.2) is 0 Å². The number of carbonyl (C=O) groups excluding carboxylic acids is 3. The Morgan fingerprint density at radius 2 is 1.66 bits per heavy atom. The molecule has 5 nitrogen and oxygen atoms in total. The molecule has 0 heterocycles. The molecule has 0 aromatic rings. The van der Waals surface area contributed by atoms with Crippen molar-refractivity contribution in [2.75, 3.05) is 6.61 Å². The molecule has 0 N–H and O–H groups in total. The minimum atomic E-state index is -0.117. The molecule has 5 unspecified atom stereocenters. The fourth-order valence-electron chi connectivity index (χ4n) is 9.47. The van der Waals surface area contributed by atoms with E-state index in [-0.39, 0.29) is 40.7 Å². The fourth-order valence-corrected chi connectivity index (χ4v) is 9.47. The van der Waals surface area contributed by atoms with Gasteiger partial charge in [-0.1, -0.05) is 34.6 Å². The summed E-state index contributed by atoms with van der Waals surface area (Å²) in [6.07, 6.45) is 9.21. The van der Waals surface area contributed by atoms with E-state index in [1.807, 2.05) is 13.8 Å². The van der Waals surface area contributed by atoms with Crippen molar-refractivity contribution in [2.24, 2.45) is 52.3 Å². The molecule has 0 bridgehead atoms. The zero-order chi connectivity index (χ0) is 25.5. The summed E-state index contributed by atoms with van der Waals surface area (Å²) < 4.78 is 10.9. The van der Waals surface area contributed by atoms with E-state index >= 15 is 0 Å². The quantitative estimate of drug-likeness (QED) is 0.389. The smallest absolute Gasteiger partial charge is 0.305 e. The van der Waals surface area contributed by atoms with Crippen molar-refractivity contribution in [3.8, 4) is 0 Å². The standard InChI is InChI=1S/C30H48O5/c1-7-25(31)35-20-13-15-30(6)23-14-16-29(5)21(18(3)9-12-26(32)34-8-2)10-11-22(29)27(23)28(33)19(4)24(30)17-20/h18-24,27H,7-17H2,1-6H3/t18-,19-,20-,21?,22?,23?,24?,27?,29-,30-/m1/s1. The number of ketones is 1. The van der Waals surface area contributed by atoms with Crippen molar-refractivity contribution in [2.45, 2.75) is 112 Å². The van der Waals surface area contributed by atoms with Gasteiger partial charge >= 0.3 is 11.9 Å². The molecule has 0 radical (unpaired) electrons. The van der Waals surface area contributed by atoms with Crippen molar-refractivity contribution in [1.29, 1.82) is 0 Å². The van der Waals surface area contributed by atoms with E-state index < -0.39 is 0 Å². The largest absolute Gasteiger partial charge is 0.466 e. The van der Waals surface area contributed by atoms with E-state index in [2.05, 4.69) is 27.7 Å². The second-order valence-corrected chi connectivity index (χ2v) is 12.8. The molecule has 0 aliphatic heterocycles. The Kier molecular flexibility index (Phi) is 7.75. The van der Waals surface area contributed by atoms with E-state index in [1.54, 1.807) is 0 Å². The van der Waals surface area contributed by atoms with Crippen LogP contribution in [0.3, 0.4) is 0 Å². The normalized spacial score (nSPS) is 43.5. The third kappa shape index (κ3) is 4.59. The Morgan fingerprint density at radius 3 is 2.34 bits per heavy atom. The summed E-state index contributed by atoms with van der Waals surface area (Å²) >= 11 is 0. The van der Waals surface area contributed by atoms with Crippen molar-refractivity contribution in [3.63, 3.8) is 0 Å². The van der Waals surface area contributed by atoms with Crippen LogP contribution in [-0.4, -0.2) is 30.4 Å². The lowest BCUT2D eigenvalue weighted by atomic mass is 9.42. The maximum atomic E-state index is 14.0. The van der Waals surface area contributed by atoms with Gasteiger partial charge in [-0.05, 0) is 98.7 Å². The zero-order valence-electron chi connectivity index (χ0n) is 22.9. The maximum absolute atomic E-state index is 14.0. The van der Waals surface area contributed by atoms with Gasteiger partial charge in [0.15, 0.2) is 0 Å². The zero-order valence-corrected chi connectivity index (χ0v) is 22.9. The van der Waals surface area contributed by atoms with Crippen LogP contribution in [0.15, 0.2) is 0 Å². The van der Waals surface area contributed by atoms with Crippen LogP contribution in [0.2, 0.25) is 0 Å². The first-order valence-corrected chi connectivity index (χ1v) is 14.5. The monoisotopic (exact) mass is 488 g/mol. The van der Waals surface area contributed by atoms with E-state index in [0.29, 0.717) is 54.8 Å². The van der Waals surface area contributed by atoms with Gasteiger partial charge in [0.1, 0.15) is 11.9 Å². The van der Waals surface area contributed by atoms with Crippen LogP contribution in [-0.2, 0) is 23.9 Å². The highest BCUT2D eigenvalue weighted by atomic mass is 16.5. The Morgan fingerprint density at radius 1 is 0.971 bits per heavy atom. The number of esters is 2. The van der Waals surface area contributed by atoms with Crippen LogP contribution in [0.1, 0.15) is 106 Å². The Labute approximate surface area is 212 Å². The second kappa shape index (κ2) is 10.2. The molecule has 4 fully saturated rings. The van der Waals surface area contributed by atoms with Crippen molar-refractivity contribution >= 4 is 17.7 Å². The molecule has 4 aliphatic rings. The molecule has 0 aromatic heterocycles. The molecule has 5 heteroatoms. The maximum Gasteiger partial charge on any atom is 0.305 e. The first-order chi connectivity index (χ1) is 16.6. The number of hydrogen-bond donors (Lipinski definition) is 0. The summed E-state index contributed by atoms with van der Waals surface area (Å²) in [4.78, 5) is 37.9. The predicted molar refractivity (Wildman–Crippen MR) is 135 cm³/mol. The minimum Gasteiger partial charge on any atom is -0.466 e. The van der Waals surface area contributed by atoms with Crippen LogP contribution >= 0.6 is 0 Å². The lowest BCUT2D eigenvalue weighted by Crippen LogP contribution is -2.60. The fraction of sp³-hybridized carbons (Fsp3) is 0.900. The Balaban J connectivity index is 1.50. The van der Waals surface area contributed by atoms with Crippen LogP contribution in [0.25, 0.3) is 0 Å². The molecule has 4 saturated carbocycles. The molecule has 0 saturated heterocycles. The van der Waals surface area contributed by atoms with Gasteiger partial charge in [-0.2, -0.15) is 0 Å². The first kappa shape index (κ1) is 26.7. The lowest BCUT2D eigenvalue weighted by Gasteiger charge is -2.62. The van der Waals surface area contributed by atoms with Crippen LogP contribution in [0.5, 0.6) is 0 Å². The van der Waals surface area contributed by atoms with Crippen molar-refractivity contribution in [3.05, 3.63) is 0 Å². The van der Waals surface area contributed by atoms with E-state index in [1.165, 1.54) is 12.8 Å². The molecule has 0 aromatic carbocycles. The van der Waals surface area contributed by atoms with E-state index in [0.717, 1.165) is 38.5 Å². The molecule has 198 valence electrons. The van der Waals surface area contributed by atoms with Crippen LogP contribution in [0, 0.1) is 52.3 Å². The van der Waals surface area contributed by atoms with Crippen LogP contribution in [0.4, 0.5) is 0 Å². The van der Waals surface area contributed by atoms with E-state index in [9.17, 15) is 14.4 Å².